The number of rotatable bonds is 5. The number of nitrogens with zero attached hydrogens (tertiary/aromatic N) is 2. The number of hydrogen-bond donors (Lipinski definition) is 1. The maximum Gasteiger partial charge on any atom is 0.255 e. The molecule has 5 heteroatoms. The van der Waals surface area contributed by atoms with E-state index >= 15 is 0 Å². The molecule has 4 nitrogen and oxygen atoms in total. The second-order valence-electron chi connectivity index (χ2n) is 6.32. The zero-order chi connectivity index (χ0) is 17.8. The van der Waals surface area contributed by atoms with Crippen molar-refractivity contribution in [3.05, 3.63) is 83.3 Å². The standard InChI is InChI=1S/C21H19N3OS/c25-21(24-19-8-7-16-4-2-5-17(16)12-19)18-6-1-3-15(11-18)14-26-20-13-22-9-10-23-20/h1,3,6-13H,2,4-5,14H2,(H,24,25). The molecule has 0 bridgehead atoms. The van der Waals surface area contributed by atoms with E-state index in [0.29, 0.717) is 5.56 Å². The summed E-state index contributed by atoms with van der Waals surface area (Å²) in [6.07, 6.45) is 8.55. The van der Waals surface area contributed by atoms with Crippen LogP contribution in [0.5, 0.6) is 0 Å². The molecule has 1 heterocycles. The van der Waals surface area contributed by atoms with Crippen LogP contribution in [0.1, 0.15) is 33.5 Å². The van der Waals surface area contributed by atoms with Crippen molar-refractivity contribution in [2.75, 3.05) is 5.32 Å². The first-order chi connectivity index (χ1) is 12.8. The number of fused-ring (bicyclic) bond motifs is 1. The summed E-state index contributed by atoms with van der Waals surface area (Å²) >= 11 is 1.61. The number of thioether (sulfide) groups is 1. The summed E-state index contributed by atoms with van der Waals surface area (Å²) in [6, 6.07) is 14.0. The number of anilines is 1. The summed E-state index contributed by atoms with van der Waals surface area (Å²) in [5.74, 6) is 0.674. The highest BCUT2D eigenvalue weighted by atomic mass is 32.2. The highest BCUT2D eigenvalue weighted by molar-refractivity contribution is 7.98. The van der Waals surface area contributed by atoms with Gasteiger partial charge in [-0.2, -0.15) is 0 Å². The van der Waals surface area contributed by atoms with Gasteiger partial charge in [0.15, 0.2) is 0 Å². The average Bonchev–Trinajstić information content (AvgIpc) is 3.15. The monoisotopic (exact) mass is 361 g/mol. The molecule has 130 valence electrons. The fraction of sp³-hybridized carbons (Fsp3) is 0.190. The number of aryl methyl sites for hydroxylation is 2. The van der Waals surface area contributed by atoms with Crippen molar-refractivity contribution >= 4 is 23.4 Å². The zero-order valence-corrected chi connectivity index (χ0v) is 15.1. The van der Waals surface area contributed by atoms with Gasteiger partial charge in [-0.05, 0) is 60.2 Å². The molecule has 4 rings (SSSR count). The molecule has 0 spiro atoms. The van der Waals surface area contributed by atoms with E-state index in [1.165, 1.54) is 17.5 Å². The first kappa shape index (κ1) is 16.8. The Morgan fingerprint density at radius 3 is 2.88 bits per heavy atom. The highest BCUT2D eigenvalue weighted by Crippen LogP contribution is 2.25. The topological polar surface area (TPSA) is 54.9 Å². The molecule has 26 heavy (non-hydrogen) atoms. The molecular formula is C21H19N3OS. The van der Waals surface area contributed by atoms with E-state index in [-0.39, 0.29) is 5.91 Å². The third-order valence-electron chi connectivity index (χ3n) is 4.47. The maximum absolute atomic E-state index is 12.6. The molecule has 1 amide bonds. The lowest BCUT2D eigenvalue weighted by atomic mass is 10.1. The fourth-order valence-corrected chi connectivity index (χ4v) is 3.94. The molecule has 0 fully saturated rings. The predicted molar refractivity (Wildman–Crippen MR) is 104 cm³/mol. The smallest absolute Gasteiger partial charge is 0.255 e. The Morgan fingerprint density at radius 1 is 1.08 bits per heavy atom. The molecule has 0 saturated heterocycles. The van der Waals surface area contributed by atoms with Gasteiger partial charge < -0.3 is 5.32 Å². The molecule has 0 atom stereocenters. The fourth-order valence-electron chi connectivity index (χ4n) is 3.17. The number of nitrogens with one attached hydrogen (secondary N) is 1. The quantitative estimate of drug-likeness (QED) is 0.679. The van der Waals surface area contributed by atoms with Gasteiger partial charge >= 0.3 is 0 Å². The summed E-state index contributed by atoms with van der Waals surface area (Å²) in [6.45, 7) is 0. The van der Waals surface area contributed by atoms with Crippen LogP contribution in [0.4, 0.5) is 5.69 Å². The van der Waals surface area contributed by atoms with Crippen molar-refractivity contribution in [2.45, 2.75) is 30.0 Å². The molecule has 0 saturated carbocycles. The van der Waals surface area contributed by atoms with Crippen LogP contribution in [0, 0.1) is 0 Å². The summed E-state index contributed by atoms with van der Waals surface area (Å²) in [7, 11) is 0. The number of carbonyl (C=O) groups is 1. The van der Waals surface area contributed by atoms with E-state index in [1.807, 2.05) is 30.3 Å². The lowest BCUT2D eigenvalue weighted by Gasteiger charge is -2.09. The van der Waals surface area contributed by atoms with Crippen LogP contribution < -0.4 is 5.32 Å². The predicted octanol–water partition coefficient (Wildman–Crippen LogP) is 4.51. The Hall–Kier alpha value is -2.66. The molecule has 1 N–H and O–H groups in total. The van der Waals surface area contributed by atoms with Crippen LogP contribution in [-0.2, 0) is 18.6 Å². The minimum Gasteiger partial charge on any atom is -0.322 e. The van der Waals surface area contributed by atoms with Crippen LogP contribution in [0.25, 0.3) is 0 Å². The van der Waals surface area contributed by atoms with Crippen molar-refractivity contribution in [2.24, 2.45) is 0 Å². The van der Waals surface area contributed by atoms with Crippen molar-refractivity contribution in [1.82, 2.24) is 9.97 Å². The molecule has 3 aromatic rings. The van der Waals surface area contributed by atoms with E-state index in [0.717, 1.165) is 34.9 Å². The lowest BCUT2D eigenvalue weighted by molar-refractivity contribution is 0.102. The van der Waals surface area contributed by atoms with E-state index < -0.39 is 0 Å². The Bertz CT molecular complexity index is 928. The number of amides is 1. The van der Waals surface area contributed by atoms with Crippen LogP contribution in [0.15, 0.2) is 66.1 Å². The number of carbonyl (C=O) groups excluding carboxylic acids is 1. The second kappa shape index (κ2) is 7.70. The number of hydrogen-bond acceptors (Lipinski definition) is 4. The summed E-state index contributed by atoms with van der Waals surface area (Å²) in [4.78, 5) is 20.9. The van der Waals surface area contributed by atoms with Crippen molar-refractivity contribution in [3.63, 3.8) is 0 Å². The number of benzene rings is 2. The van der Waals surface area contributed by atoms with E-state index in [9.17, 15) is 4.79 Å². The Balaban J connectivity index is 1.43. The first-order valence-electron chi connectivity index (χ1n) is 8.69. The maximum atomic E-state index is 12.6. The Labute approximate surface area is 157 Å². The Kier molecular flexibility index (Phi) is 4.97. The van der Waals surface area contributed by atoms with Gasteiger partial charge in [-0.25, -0.2) is 4.98 Å². The van der Waals surface area contributed by atoms with E-state index in [2.05, 4.69) is 27.4 Å². The van der Waals surface area contributed by atoms with Gasteiger partial charge in [-0.15, -0.1) is 11.8 Å². The number of aromatic nitrogens is 2. The molecule has 2 aromatic carbocycles. The van der Waals surface area contributed by atoms with Gasteiger partial charge in [-0.3, -0.25) is 9.78 Å². The molecule has 0 unspecified atom stereocenters. The van der Waals surface area contributed by atoms with Crippen LogP contribution in [-0.4, -0.2) is 15.9 Å². The molecule has 0 aliphatic heterocycles. The SMILES string of the molecule is O=C(Nc1ccc2c(c1)CCC2)c1cccc(CSc2cnccn2)c1. The van der Waals surface area contributed by atoms with Crippen LogP contribution >= 0.6 is 11.8 Å². The van der Waals surface area contributed by atoms with Crippen molar-refractivity contribution < 1.29 is 4.79 Å². The van der Waals surface area contributed by atoms with Crippen molar-refractivity contribution in [1.29, 1.82) is 0 Å². The molecule has 1 aromatic heterocycles. The summed E-state index contributed by atoms with van der Waals surface area (Å²) in [5, 5.41) is 3.90. The molecular weight excluding hydrogens is 342 g/mol. The lowest BCUT2D eigenvalue weighted by Crippen LogP contribution is -2.12. The third-order valence-corrected chi connectivity index (χ3v) is 5.46. The second-order valence-corrected chi connectivity index (χ2v) is 7.32. The third kappa shape index (κ3) is 3.94. The first-order valence-corrected chi connectivity index (χ1v) is 9.67. The van der Waals surface area contributed by atoms with Gasteiger partial charge in [0.1, 0.15) is 5.03 Å². The average molecular weight is 361 g/mol. The molecule has 1 aliphatic rings. The minimum atomic E-state index is -0.0747. The Morgan fingerprint density at radius 2 is 2.00 bits per heavy atom. The molecule has 0 radical (unpaired) electrons. The van der Waals surface area contributed by atoms with Gasteiger partial charge in [0.05, 0.1) is 6.20 Å². The summed E-state index contributed by atoms with van der Waals surface area (Å²) < 4.78 is 0. The summed E-state index contributed by atoms with van der Waals surface area (Å²) in [5.41, 5.74) is 5.39. The van der Waals surface area contributed by atoms with Gasteiger partial charge in [0.25, 0.3) is 5.91 Å². The van der Waals surface area contributed by atoms with Gasteiger partial charge in [0, 0.05) is 29.4 Å². The largest absolute Gasteiger partial charge is 0.322 e. The highest BCUT2D eigenvalue weighted by Gasteiger charge is 2.13. The van der Waals surface area contributed by atoms with Crippen molar-refractivity contribution in [3.8, 4) is 0 Å². The van der Waals surface area contributed by atoms with E-state index in [1.54, 1.807) is 30.4 Å². The van der Waals surface area contributed by atoms with Crippen LogP contribution in [0.2, 0.25) is 0 Å². The van der Waals surface area contributed by atoms with Gasteiger partial charge in [-0.1, -0.05) is 18.2 Å². The van der Waals surface area contributed by atoms with Crippen LogP contribution in [0.3, 0.4) is 0 Å². The molecule has 1 aliphatic carbocycles. The normalized spacial score (nSPS) is 12.6. The van der Waals surface area contributed by atoms with E-state index in [4.69, 9.17) is 0 Å². The van der Waals surface area contributed by atoms with Gasteiger partial charge in [0.2, 0.25) is 0 Å². The zero-order valence-electron chi connectivity index (χ0n) is 14.3. The minimum absolute atomic E-state index is 0.0747.